The van der Waals surface area contributed by atoms with Gasteiger partial charge in [0.25, 0.3) is 0 Å². The Bertz CT molecular complexity index is 78.1. The van der Waals surface area contributed by atoms with Gasteiger partial charge in [0, 0.05) is 0 Å². The Balaban J connectivity index is -0.000000125. The topological polar surface area (TPSA) is 66.8 Å². The zero-order chi connectivity index (χ0) is 5.21. The van der Waals surface area contributed by atoms with Crippen molar-refractivity contribution in [2.75, 3.05) is 0 Å². The molecule has 0 saturated carbocycles. The van der Waals surface area contributed by atoms with E-state index < -0.39 is 7.82 Å². The first-order valence-corrected chi connectivity index (χ1v) is 2.45. The third-order valence-corrected chi connectivity index (χ3v) is 0.270. The molecule has 0 bridgehead atoms. The second-order valence-corrected chi connectivity index (χ2v) is 1.68. The summed E-state index contributed by atoms with van der Waals surface area (Å²) in [6.07, 6.45) is 0. The summed E-state index contributed by atoms with van der Waals surface area (Å²) in [5.74, 6) is 0. The first-order valence-electron chi connectivity index (χ1n) is 0.919. The van der Waals surface area contributed by atoms with Crippen molar-refractivity contribution in [1.29, 1.82) is 0 Å². The summed E-state index contributed by atoms with van der Waals surface area (Å²) in [5, 5.41) is 0. The number of hydrogen-bond acceptors (Lipinski definition) is 2. The van der Waals surface area contributed by atoms with Crippen LogP contribution < -0.4 is 0 Å². The van der Waals surface area contributed by atoms with Gasteiger partial charge >= 0.3 is 66.9 Å². The maximum atomic E-state index is 10.2. The van der Waals surface area contributed by atoms with Gasteiger partial charge in [-0.2, -0.15) is 0 Å². The molecule has 0 unspecified atom stereocenters. The van der Waals surface area contributed by atoms with E-state index in [0.717, 1.165) is 0 Å². The van der Waals surface area contributed by atoms with Crippen molar-refractivity contribution < 1.29 is 23.6 Å². The van der Waals surface area contributed by atoms with Gasteiger partial charge in [-0.1, -0.05) is 4.73 Å². The average molecular weight is 164 g/mol. The molecule has 0 aliphatic heterocycles. The predicted octanol–water partition coefficient (Wildman–Crippen LogP) is -1.32. The molecule has 0 amide bonds. The summed E-state index contributed by atoms with van der Waals surface area (Å²) in [7, 11) is -4.81. The zero-order valence-electron chi connectivity index (χ0n) is 2.54. The van der Waals surface area contributed by atoms with E-state index in [0.29, 0.717) is 0 Å². The van der Waals surface area contributed by atoms with E-state index in [2.05, 4.69) is 4.73 Å². The molecule has 8 heteroatoms. The van der Waals surface area contributed by atoms with Gasteiger partial charge in [-0.15, -0.1) is 0 Å². The van der Waals surface area contributed by atoms with Crippen LogP contribution in [0.1, 0.15) is 0 Å². The minimum atomic E-state index is -4.81. The quantitative estimate of drug-likeness (QED) is 0.372. The van der Waals surface area contributed by atoms with Crippen LogP contribution >= 0.6 is 7.82 Å². The van der Waals surface area contributed by atoms with Crippen LogP contribution in [-0.2, 0) is 9.29 Å². The number of rotatable bonds is 1. The van der Waals surface area contributed by atoms with Crippen LogP contribution in [0.4, 0.5) is 4.53 Å². The van der Waals surface area contributed by atoms with Gasteiger partial charge in [-0.05, 0) is 4.53 Å². The molecule has 8 heavy (non-hydrogen) atoms. The van der Waals surface area contributed by atoms with Gasteiger partial charge in [-0.25, -0.2) is 4.57 Å². The molecule has 0 rings (SSSR count). The van der Waals surface area contributed by atoms with E-state index >= 15 is 0 Å². The Kier molecular flexibility index (Phi) is 14.8. The SMILES string of the molecule is O=P(O)(O)OF.[NaH].[NaH]. The summed E-state index contributed by atoms with van der Waals surface area (Å²) in [6, 6.07) is 0. The van der Waals surface area contributed by atoms with Crippen molar-refractivity contribution in [2.45, 2.75) is 0 Å². The normalized spacial score (nSPS) is 8.88. The Hall–Kier alpha value is 2.04. The number of halogens is 1. The van der Waals surface area contributed by atoms with Crippen LogP contribution in [0.15, 0.2) is 0 Å². The van der Waals surface area contributed by atoms with Crippen LogP contribution in [0.2, 0.25) is 0 Å². The molecule has 0 saturated heterocycles. The molecule has 0 aliphatic carbocycles. The van der Waals surface area contributed by atoms with Gasteiger partial charge in [0.15, 0.2) is 0 Å². The van der Waals surface area contributed by atoms with Gasteiger partial charge < -0.3 is 9.79 Å². The molecule has 0 aromatic carbocycles. The third-order valence-electron chi connectivity index (χ3n) is 0.0899. The standard InChI is InChI=1S/FH2O4P.2Na.2H/c1-5-6(2,3)4;;;;/h(H2,2,3,4);;;;. The molecule has 2 N–H and O–H groups in total. The molecule has 0 radical (unpaired) electrons. The zero-order valence-corrected chi connectivity index (χ0v) is 3.43. The average Bonchev–Trinajstić information content (AvgIpc) is 1.35. The maximum absolute atomic E-state index is 10.2. The first-order chi connectivity index (χ1) is 2.56. The molecular formula is H4FNa2O4P. The monoisotopic (exact) mass is 164 g/mol. The molecule has 0 aromatic heterocycles. The third kappa shape index (κ3) is 15.7. The van der Waals surface area contributed by atoms with E-state index in [4.69, 9.17) is 14.4 Å². The van der Waals surface area contributed by atoms with E-state index in [1.165, 1.54) is 0 Å². The molecule has 0 aromatic rings. The van der Waals surface area contributed by atoms with Crippen molar-refractivity contribution in [3.63, 3.8) is 0 Å². The molecule has 0 aliphatic rings. The Morgan fingerprint density at radius 2 is 1.50 bits per heavy atom. The summed E-state index contributed by atoms with van der Waals surface area (Å²) in [5.41, 5.74) is 0. The van der Waals surface area contributed by atoms with E-state index in [1.54, 1.807) is 0 Å². The van der Waals surface area contributed by atoms with Crippen LogP contribution in [0.25, 0.3) is 0 Å². The fraction of sp³-hybridized carbons (Fsp3) is 0. The molecule has 0 heterocycles. The molecule has 0 spiro atoms. The summed E-state index contributed by atoms with van der Waals surface area (Å²) >= 11 is 0. The second-order valence-electron chi connectivity index (χ2n) is 0.560. The van der Waals surface area contributed by atoms with E-state index in [-0.39, 0.29) is 59.1 Å². The van der Waals surface area contributed by atoms with Gasteiger partial charge in [0.2, 0.25) is 0 Å². The van der Waals surface area contributed by atoms with Crippen LogP contribution in [0, 0.1) is 0 Å². The minimum absolute atomic E-state index is 0. The van der Waals surface area contributed by atoms with Crippen molar-refractivity contribution in [3.05, 3.63) is 0 Å². The molecule has 42 valence electrons. The molecule has 0 atom stereocenters. The van der Waals surface area contributed by atoms with Gasteiger partial charge in [-0.3, -0.25) is 0 Å². The number of phosphoric acid groups is 1. The van der Waals surface area contributed by atoms with E-state index in [9.17, 15) is 4.53 Å². The molecule has 4 nitrogen and oxygen atoms in total. The van der Waals surface area contributed by atoms with Gasteiger partial charge in [0.1, 0.15) is 0 Å². The predicted molar refractivity (Wildman–Crippen MR) is 28.5 cm³/mol. The summed E-state index contributed by atoms with van der Waals surface area (Å²) < 4.78 is 21.4. The van der Waals surface area contributed by atoms with Crippen LogP contribution in [-0.4, -0.2) is 68.9 Å². The van der Waals surface area contributed by atoms with Crippen molar-refractivity contribution >= 4 is 66.9 Å². The second kappa shape index (κ2) is 7.15. The first kappa shape index (κ1) is 16.6. The van der Waals surface area contributed by atoms with Crippen LogP contribution in [0.5, 0.6) is 0 Å². The fourth-order valence-corrected chi connectivity index (χ4v) is 0. The van der Waals surface area contributed by atoms with E-state index in [1.807, 2.05) is 0 Å². The van der Waals surface area contributed by atoms with Crippen molar-refractivity contribution in [3.8, 4) is 0 Å². The molecular weight excluding hydrogens is 160 g/mol. The van der Waals surface area contributed by atoms with Crippen LogP contribution in [0.3, 0.4) is 0 Å². The van der Waals surface area contributed by atoms with Crippen molar-refractivity contribution in [2.24, 2.45) is 0 Å². The Labute approximate surface area is 89.5 Å². The Morgan fingerprint density at radius 3 is 1.50 bits per heavy atom. The summed E-state index contributed by atoms with van der Waals surface area (Å²) in [4.78, 5) is 14.7. The number of hydrogen-bond donors (Lipinski definition) is 2. The Morgan fingerprint density at radius 1 is 1.38 bits per heavy atom. The summed E-state index contributed by atoms with van der Waals surface area (Å²) in [6.45, 7) is 0. The fourth-order valence-electron chi connectivity index (χ4n) is 0. The van der Waals surface area contributed by atoms with Crippen molar-refractivity contribution in [1.82, 2.24) is 0 Å². The molecule has 0 fully saturated rings. The van der Waals surface area contributed by atoms with Gasteiger partial charge in [0.05, 0.1) is 0 Å².